The van der Waals surface area contributed by atoms with Gasteiger partial charge in [-0.1, -0.05) is 65.7 Å². The minimum atomic E-state index is -0.125. The summed E-state index contributed by atoms with van der Waals surface area (Å²) in [6.07, 6.45) is 14.8. The summed E-state index contributed by atoms with van der Waals surface area (Å²) in [5.74, 6) is -0.125. The monoisotopic (exact) mass is 310 g/mol. The fraction of sp³-hybridized carbons (Fsp3) is 0.947. The van der Waals surface area contributed by atoms with E-state index in [0.29, 0.717) is 0 Å². The van der Waals surface area contributed by atoms with E-state index >= 15 is 0 Å². The smallest absolute Gasteiger partial charge is 0.234 e. The van der Waals surface area contributed by atoms with E-state index < -0.39 is 0 Å². The lowest BCUT2D eigenvalue weighted by Gasteiger charge is -2.51. The van der Waals surface area contributed by atoms with Gasteiger partial charge in [0.05, 0.1) is 6.04 Å². The van der Waals surface area contributed by atoms with E-state index in [1.165, 1.54) is 70.6 Å². The summed E-state index contributed by atoms with van der Waals surface area (Å²) < 4.78 is 0. The first-order valence-corrected chi connectivity index (χ1v) is 9.67. The highest BCUT2D eigenvalue weighted by Gasteiger charge is 2.42. The van der Waals surface area contributed by atoms with Gasteiger partial charge in [-0.3, -0.25) is 9.69 Å². The van der Waals surface area contributed by atoms with Crippen molar-refractivity contribution in [2.24, 2.45) is 5.73 Å². The van der Waals surface area contributed by atoms with Gasteiger partial charge in [-0.25, -0.2) is 0 Å². The highest BCUT2D eigenvalue weighted by atomic mass is 16.1. The molecule has 130 valence electrons. The molecule has 1 aliphatic rings. The Morgan fingerprint density at radius 3 is 2.09 bits per heavy atom. The molecule has 22 heavy (non-hydrogen) atoms. The molecule has 1 saturated heterocycles. The van der Waals surface area contributed by atoms with Crippen molar-refractivity contribution in [3.05, 3.63) is 0 Å². The lowest BCUT2D eigenvalue weighted by Crippen LogP contribution is -2.59. The largest absolute Gasteiger partial charge is 0.368 e. The van der Waals surface area contributed by atoms with Crippen molar-refractivity contribution in [2.45, 2.75) is 109 Å². The van der Waals surface area contributed by atoms with E-state index in [-0.39, 0.29) is 17.5 Å². The predicted molar refractivity (Wildman–Crippen MR) is 94.8 cm³/mol. The van der Waals surface area contributed by atoms with Crippen molar-refractivity contribution in [1.82, 2.24) is 4.90 Å². The second-order valence-electron chi connectivity index (χ2n) is 7.12. The first-order chi connectivity index (χ1) is 10.6. The Morgan fingerprint density at radius 2 is 1.64 bits per heavy atom. The molecule has 0 aromatic heterocycles. The van der Waals surface area contributed by atoms with E-state index in [9.17, 15) is 4.79 Å². The van der Waals surface area contributed by atoms with Crippen LogP contribution in [0.4, 0.5) is 0 Å². The molecule has 0 aromatic carbocycles. The first kappa shape index (κ1) is 19.5. The van der Waals surface area contributed by atoms with Crippen LogP contribution in [-0.2, 0) is 4.79 Å². The number of amides is 1. The van der Waals surface area contributed by atoms with Crippen LogP contribution in [0.1, 0.15) is 97.8 Å². The summed E-state index contributed by atoms with van der Waals surface area (Å²) in [6.45, 7) is 7.69. The third-order valence-electron chi connectivity index (χ3n) is 5.48. The van der Waals surface area contributed by atoms with Gasteiger partial charge >= 0.3 is 0 Å². The molecule has 1 amide bonds. The Morgan fingerprint density at radius 1 is 1.05 bits per heavy atom. The molecule has 1 aliphatic heterocycles. The lowest BCUT2D eigenvalue weighted by molar-refractivity contribution is -0.128. The van der Waals surface area contributed by atoms with Gasteiger partial charge in [-0.2, -0.15) is 0 Å². The summed E-state index contributed by atoms with van der Waals surface area (Å²) in [5, 5.41) is 0. The molecule has 0 aromatic rings. The maximum absolute atomic E-state index is 12.0. The normalized spacial score (nSPS) is 20.0. The van der Waals surface area contributed by atoms with Crippen LogP contribution >= 0.6 is 0 Å². The summed E-state index contributed by atoms with van der Waals surface area (Å²) in [7, 11) is 0. The van der Waals surface area contributed by atoms with E-state index in [1.807, 2.05) is 0 Å². The van der Waals surface area contributed by atoms with Gasteiger partial charge in [0.1, 0.15) is 0 Å². The highest BCUT2D eigenvalue weighted by Crippen LogP contribution is 2.39. The molecule has 0 aliphatic carbocycles. The maximum Gasteiger partial charge on any atom is 0.234 e. The molecular weight excluding hydrogens is 272 g/mol. The number of likely N-dealkylation sites (tertiary alicyclic amines) is 1. The van der Waals surface area contributed by atoms with Crippen LogP contribution in [0, 0.1) is 0 Å². The zero-order valence-corrected chi connectivity index (χ0v) is 15.2. The van der Waals surface area contributed by atoms with Gasteiger partial charge in [-0.15, -0.1) is 0 Å². The molecular formula is C19H38N2O. The van der Waals surface area contributed by atoms with Crippen molar-refractivity contribution in [2.75, 3.05) is 6.54 Å². The number of carbonyl (C=O) groups is 1. The minimum absolute atomic E-state index is 0.0662. The number of hydrogen-bond donors (Lipinski definition) is 1. The molecule has 2 N–H and O–H groups in total. The second kappa shape index (κ2) is 10.3. The zero-order valence-electron chi connectivity index (χ0n) is 15.2. The van der Waals surface area contributed by atoms with E-state index in [2.05, 4.69) is 25.7 Å². The summed E-state index contributed by atoms with van der Waals surface area (Å²) in [4.78, 5) is 14.5. The lowest BCUT2D eigenvalue weighted by atomic mass is 9.77. The van der Waals surface area contributed by atoms with Gasteiger partial charge in [0.25, 0.3) is 0 Å². The van der Waals surface area contributed by atoms with Crippen molar-refractivity contribution in [3.63, 3.8) is 0 Å². The Hall–Kier alpha value is -0.570. The molecule has 1 heterocycles. The van der Waals surface area contributed by atoms with Gasteiger partial charge in [0.2, 0.25) is 5.91 Å². The number of primary amides is 1. The third-order valence-corrected chi connectivity index (χ3v) is 5.48. The number of piperidine rings is 1. The molecule has 1 unspecified atom stereocenters. The number of rotatable bonds is 11. The Balaban J connectivity index is 2.90. The van der Waals surface area contributed by atoms with E-state index in [1.54, 1.807) is 0 Å². The summed E-state index contributed by atoms with van der Waals surface area (Å²) >= 11 is 0. The van der Waals surface area contributed by atoms with Crippen molar-refractivity contribution < 1.29 is 4.79 Å². The molecule has 3 nitrogen and oxygen atoms in total. The second-order valence-corrected chi connectivity index (χ2v) is 7.12. The van der Waals surface area contributed by atoms with Crippen LogP contribution < -0.4 is 5.73 Å². The molecule has 1 fully saturated rings. The van der Waals surface area contributed by atoms with Gasteiger partial charge < -0.3 is 5.73 Å². The van der Waals surface area contributed by atoms with Crippen LogP contribution in [-0.4, -0.2) is 28.9 Å². The Bertz CT molecular complexity index is 307. The maximum atomic E-state index is 12.0. The van der Waals surface area contributed by atoms with Gasteiger partial charge in [0, 0.05) is 5.54 Å². The third kappa shape index (κ3) is 5.26. The Labute approximate surface area is 138 Å². The predicted octanol–water partition coefficient (Wildman–Crippen LogP) is 4.64. The summed E-state index contributed by atoms with van der Waals surface area (Å²) in [5.41, 5.74) is 5.96. The van der Waals surface area contributed by atoms with Crippen LogP contribution in [0.15, 0.2) is 0 Å². The Kier molecular flexibility index (Phi) is 9.08. The van der Waals surface area contributed by atoms with Crippen molar-refractivity contribution in [3.8, 4) is 0 Å². The van der Waals surface area contributed by atoms with Crippen LogP contribution in [0.25, 0.3) is 0 Å². The van der Waals surface area contributed by atoms with Crippen LogP contribution in [0.2, 0.25) is 0 Å². The average Bonchev–Trinajstić information content (AvgIpc) is 2.50. The number of nitrogens with two attached hydrogens (primary N) is 1. The fourth-order valence-electron chi connectivity index (χ4n) is 4.25. The highest BCUT2D eigenvalue weighted by molar-refractivity contribution is 5.79. The molecule has 0 radical (unpaired) electrons. The summed E-state index contributed by atoms with van der Waals surface area (Å²) in [6, 6.07) is -0.0662. The fourth-order valence-corrected chi connectivity index (χ4v) is 4.25. The van der Waals surface area contributed by atoms with Crippen molar-refractivity contribution >= 4 is 5.91 Å². The van der Waals surface area contributed by atoms with Gasteiger partial charge in [0.15, 0.2) is 0 Å². The first-order valence-electron chi connectivity index (χ1n) is 9.67. The quantitative estimate of drug-likeness (QED) is 0.565. The number of unbranched alkanes of at least 4 members (excludes halogenated alkanes) is 4. The molecule has 3 heteroatoms. The SMILES string of the molecule is CCCCCC1(CCCCC)CCCCN1C(CC)C(N)=O. The molecule has 1 atom stereocenters. The molecule has 0 bridgehead atoms. The zero-order chi connectivity index (χ0) is 16.4. The van der Waals surface area contributed by atoms with E-state index in [0.717, 1.165) is 13.0 Å². The standard InChI is InChI=1S/C19H38N2O/c1-4-7-9-13-19(14-10-8-5-2)15-11-12-16-21(19)17(6-3)18(20)22/h17H,4-16H2,1-3H3,(H2,20,22). The number of carbonyl (C=O) groups excluding carboxylic acids is 1. The average molecular weight is 311 g/mol. The topological polar surface area (TPSA) is 46.3 Å². The minimum Gasteiger partial charge on any atom is -0.368 e. The molecule has 0 saturated carbocycles. The van der Waals surface area contributed by atoms with Crippen LogP contribution in [0.5, 0.6) is 0 Å². The molecule has 0 spiro atoms. The number of hydrogen-bond acceptors (Lipinski definition) is 2. The number of nitrogens with zero attached hydrogens (tertiary/aromatic N) is 1. The van der Waals surface area contributed by atoms with Crippen molar-refractivity contribution in [1.29, 1.82) is 0 Å². The van der Waals surface area contributed by atoms with E-state index in [4.69, 9.17) is 5.73 Å². The molecule has 1 rings (SSSR count). The van der Waals surface area contributed by atoms with Gasteiger partial charge in [-0.05, 0) is 38.6 Å². The van der Waals surface area contributed by atoms with Crippen LogP contribution in [0.3, 0.4) is 0 Å².